The number of benzene rings is 1. The third-order valence-electron chi connectivity index (χ3n) is 4.23. The van der Waals surface area contributed by atoms with Gasteiger partial charge >= 0.3 is 0 Å². The van der Waals surface area contributed by atoms with Gasteiger partial charge in [-0.3, -0.25) is 0 Å². The summed E-state index contributed by atoms with van der Waals surface area (Å²) in [4.78, 5) is 2.35. The lowest BCUT2D eigenvalue weighted by Gasteiger charge is -2.20. The first-order valence-electron chi connectivity index (χ1n) is 7.38. The van der Waals surface area contributed by atoms with Crippen molar-refractivity contribution in [2.75, 3.05) is 26.7 Å². The van der Waals surface area contributed by atoms with Crippen LogP contribution in [0, 0.1) is 11.7 Å². The predicted molar refractivity (Wildman–Crippen MR) is 77.4 cm³/mol. The van der Waals surface area contributed by atoms with Crippen molar-refractivity contribution in [2.24, 2.45) is 5.92 Å². The Hall–Kier alpha value is -1.13. The molecule has 2 atom stereocenters. The van der Waals surface area contributed by atoms with Crippen molar-refractivity contribution in [1.82, 2.24) is 4.90 Å². The summed E-state index contributed by atoms with van der Waals surface area (Å²) in [5.41, 5.74) is 0.279. The van der Waals surface area contributed by atoms with Gasteiger partial charge in [-0.25, -0.2) is 4.39 Å². The van der Waals surface area contributed by atoms with Crippen LogP contribution in [0.1, 0.15) is 37.9 Å². The Labute approximate surface area is 120 Å². The molecule has 20 heavy (non-hydrogen) atoms. The minimum Gasteiger partial charge on any atom is -0.496 e. The number of halogens is 1. The molecule has 0 spiro atoms. The number of nitrogens with zero attached hydrogens (tertiary/aromatic N) is 1. The normalized spacial score (nSPS) is 21.1. The average molecular weight is 281 g/mol. The second-order valence-corrected chi connectivity index (χ2v) is 5.52. The van der Waals surface area contributed by atoms with Crippen molar-refractivity contribution in [1.29, 1.82) is 0 Å². The third kappa shape index (κ3) is 3.49. The largest absolute Gasteiger partial charge is 0.496 e. The molecule has 3 nitrogen and oxygen atoms in total. The molecular weight excluding hydrogens is 257 g/mol. The van der Waals surface area contributed by atoms with Crippen LogP contribution in [-0.4, -0.2) is 36.8 Å². The van der Waals surface area contributed by atoms with Crippen LogP contribution in [0.4, 0.5) is 4.39 Å². The van der Waals surface area contributed by atoms with Crippen molar-refractivity contribution < 1.29 is 14.2 Å². The molecule has 2 rings (SSSR count). The molecule has 1 heterocycles. The molecule has 1 N–H and O–H groups in total. The Morgan fingerprint density at radius 3 is 2.95 bits per heavy atom. The first kappa shape index (κ1) is 15.3. The maximum atomic E-state index is 13.9. The van der Waals surface area contributed by atoms with Crippen LogP contribution >= 0.6 is 0 Å². The zero-order valence-corrected chi connectivity index (χ0v) is 12.3. The van der Waals surface area contributed by atoms with Gasteiger partial charge in [0.25, 0.3) is 0 Å². The molecule has 2 unspecified atom stereocenters. The molecule has 1 saturated heterocycles. The van der Waals surface area contributed by atoms with E-state index in [4.69, 9.17) is 4.74 Å². The van der Waals surface area contributed by atoms with Crippen molar-refractivity contribution in [3.63, 3.8) is 0 Å². The number of hydrogen-bond donors (Lipinski definition) is 1. The van der Waals surface area contributed by atoms with Gasteiger partial charge in [0.05, 0.1) is 18.8 Å². The lowest BCUT2D eigenvalue weighted by Crippen LogP contribution is -2.23. The molecule has 0 amide bonds. The van der Waals surface area contributed by atoms with E-state index in [1.54, 1.807) is 12.1 Å². The van der Waals surface area contributed by atoms with Gasteiger partial charge in [0.15, 0.2) is 0 Å². The van der Waals surface area contributed by atoms with E-state index in [-0.39, 0.29) is 5.56 Å². The van der Waals surface area contributed by atoms with Crippen LogP contribution in [0.5, 0.6) is 5.75 Å². The highest BCUT2D eigenvalue weighted by atomic mass is 19.1. The van der Waals surface area contributed by atoms with Gasteiger partial charge in [0.1, 0.15) is 11.6 Å². The highest BCUT2D eigenvalue weighted by Crippen LogP contribution is 2.30. The SMILES string of the molecule is CCC1CCN(CCC(O)c2c(F)cccc2OC)C1. The number of rotatable bonds is 6. The fourth-order valence-electron chi connectivity index (χ4n) is 2.92. The van der Waals surface area contributed by atoms with Gasteiger partial charge in [-0.1, -0.05) is 19.4 Å². The molecule has 4 heteroatoms. The lowest BCUT2D eigenvalue weighted by molar-refractivity contribution is 0.140. The van der Waals surface area contributed by atoms with E-state index in [0.29, 0.717) is 12.2 Å². The van der Waals surface area contributed by atoms with E-state index in [2.05, 4.69) is 11.8 Å². The maximum absolute atomic E-state index is 13.9. The number of methoxy groups -OCH3 is 1. The summed E-state index contributed by atoms with van der Waals surface area (Å²) in [5.74, 6) is 0.796. The van der Waals surface area contributed by atoms with E-state index >= 15 is 0 Å². The Morgan fingerprint density at radius 2 is 2.30 bits per heavy atom. The first-order valence-corrected chi connectivity index (χ1v) is 7.38. The molecule has 1 fully saturated rings. The Kier molecular flexibility index (Phi) is 5.38. The van der Waals surface area contributed by atoms with Gasteiger partial charge in [-0.05, 0) is 37.4 Å². The topological polar surface area (TPSA) is 32.7 Å². The van der Waals surface area contributed by atoms with E-state index < -0.39 is 11.9 Å². The lowest BCUT2D eigenvalue weighted by atomic mass is 10.0. The van der Waals surface area contributed by atoms with Crippen molar-refractivity contribution in [3.05, 3.63) is 29.6 Å². The fourth-order valence-corrected chi connectivity index (χ4v) is 2.92. The third-order valence-corrected chi connectivity index (χ3v) is 4.23. The van der Waals surface area contributed by atoms with Gasteiger partial charge < -0.3 is 14.7 Å². The molecule has 0 saturated carbocycles. The number of hydrogen-bond acceptors (Lipinski definition) is 3. The van der Waals surface area contributed by atoms with Crippen LogP contribution < -0.4 is 4.74 Å². The molecule has 112 valence electrons. The molecule has 1 aliphatic rings. The standard InChI is InChI=1S/C16H24FNO2/c1-3-12-7-9-18(11-12)10-8-14(19)16-13(17)5-4-6-15(16)20-2/h4-6,12,14,19H,3,7-11H2,1-2H3. The van der Waals surface area contributed by atoms with E-state index in [9.17, 15) is 9.50 Å². The number of aliphatic hydroxyl groups is 1. The van der Waals surface area contributed by atoms with E-state index in [1.165, 1.54) is 26.0 Å². The highest BCUT2D eigenvalue weighted by molar-refractivity contribution is 5.36. The monoisotopic (exact) mass is 281 g/mol. The number of likely N-dealkylation sites (tertiary alicyclic amines) is 1. The molecule has 1 aromatic rings. The van der Waals surface area contributed by atoms with E-state index in [1.807, 2.05) is 0 Å². The summed E-state index contributed by atoms with van der Waals surface area (Å²) in [6.07, 6.45) is 2.16. The molecule has 1 aliphatic heterocycles. The molecule has 0 aromatic heterocycles. The van der Waals surface area contributed by atoms with Crippen LogP contribution in [0.15, 0.2) is 18.2 Å². The van der Waals surface area contributed by atoms with Crippen molar-refractivity contribution in [3.8, 4) is 5.75 Å². The van der Waals surface area contributed by atoms with Gasteiger partial charge in [-0.15, -0.1) is 0 Å². The maximum Gasteiger partial charge on any atom is 0.132 e. The van der Waals surface area contributed by atoms with Gasteiger partial charge in [0.2, 0.25) is 0 Å². The van der Waals surface area contributed by atoms with Crippen LogP contribution in [-0.2, 0) is 0 Å². The van der Waals surface area contributed by atoms with Crippen LogP contribution in [0.3, 0.4) is 0 Å². The second-order valence-electron chi connectivity index (χ2n) is 5.52. The number of aliphatic hydroxyl groups excluding tert-OH is 1. The number of ether oxygens (including phenoxy) is 1. The Bertz CT molecular complexity index is 438. The molecule has 1 aromatic carbocycles. The summed E-state index contributed by atoms with van der Waals surface area (Å²) < 4.78 is 19.0. The van der Waals surface area contributed by atoms with Crippen LogP contribution in [0.2, 0.25) is 0 Å². The second kappa shape index (κ2) is 7.04. The zero-order chi connectivity index (χ0) is 14.5. The highest BCUT2D eigenvalue weighted by Gasteiger charge is 2.23. The average Bonchev–Trinajstić information content (AvgIpc) is 2.92. The summed E-state index contributed by atoms with van der Waals surface area (Å²) in [5, 5.41) is 10.3. The molecule has 0 aliphatic carbocycles. The summed E-state index contributed by atoms with van der Waals surface area (Å²) in [7, 11) is 1.50. The quantitative estimate of drug-likeness (QED) is 0.870. The van der Waals surface area contributed by atoms with Crippen LogP contribution in [0.25, 0.3) is 0 Å². The first-order chi connectivity index (χ1) is 9.65. The minimum absolute atomic E-state index is 0.279. The molecular formula is C16H24FNO2. The van der Waals surface area contributed by atoms with E-state index in [0.717, 1.165) is 25.6 Å². The van der Waals surface area contributed by atoms with Gasteiger partial charge in [-0.2, -0.15) is 0 Å². The Morgan fingerprint density at radius 1 is 1.50 bits per heavy atom. The smallest absolute Gasteiger partial charge is 0.132 e. The Balaban J connectivity index is 1.94. The van der Waals surface area contributed by atoms with Crippen molar-refractivity contribution >= 4 is 0 Å². The fraction of sp³-hybridized carbons (Fsp3) is 0.625. The summed E-state index contributed by atoms with van der Waals surface area (Å²) >= 11 is 0. The van der Waals surface area contributed by atoms with Crippen molar-refractivity contribution in [2.45, 2.75) is 32.3 Å². The summed E-state index contributed by atoms with van der Waals surface area (Å²) in [6, 6.07) is 4.64. The molecule has 0 radical (unpaired) electrons. The summed E-state index contributed by atoms with van der Waals surface area (Å²) in [6.45, 7) is 5.19. The molecule has 0 bridgehead atoms. The zero-order valence-electron chi connectivity index (χ0n) is 12.3. The predicted octanol–water partition coefficient (Wildman–Crippen LogP) is 2.99. The van der Waals surface area contributed by atoms with Gasteiger partial charge in [0, 0.05) is 13.1 Å². The minimum atomic E-state index is -0.813.